The third kappa shape index (κ3) is 6.08. The van der Waals surface area contributed by atoms with E-state index < -0.39 is 5.76 Å². The average Bonchev–Trinajstić information content (AvgIpc) is 2.53. The Morgan fingerprint density at radius 1 is 1.13 bits per heavy atom. The second kappa shape index (κ2) is 8.74. The Morgan fingerprint density at radius 3 is 2.39 bits per heavy atom. The molecule has 1 amide bonds. The minimum atomic E-state index is -2.47. The fourth-order valence-electron chi connectivity index (χ4n) is 1.75. The van der Waals surface area contributed by atoms with Gasteiger partial charge in [0.2, 0.25) is 0 Å². The van der Waals surface area contributed by atoms with Gasteiger partial charge in [0.25, 0.3) is 11.7 Å². The molecule has 2 aromatic carbocycles. The zero-order valence-electron chi connectivity index (χ0n) is 12.0. The molecular weight excluding hydrogens is 344 g/mol. The molecule has 0 fully saturated rings. The first-order valence-corrected chi connectivity index (χ1v) is 8.02. The van der Waals surface area contributed by atoms with Crippen molar-refractivity contribution in [2.24, 2.45) is 0 Å². The third-order valence-corrected chi connectivity index (χ3v) is 3.79. The van der Waals surface area contributed by atoms with Crippen LogP contribution in [-0.4, -0.2) is 24.8 Å². The van der Waals surface area contributed by atoms with E-state index in [1.807, 2.05) is 0 Å². The average molecular weight is 358 g/mol. The Morgan fingerprint density at radius 2 is 1.78 bits per heavy atom. The monoisotopic (exact) mass is 357 g/mol. The molecule has 0 radical (unpaired) electrons. The van der Waals surface area contributed by atoms with Crippen molar-refractivity contribution < 1.29 is 18.3 Å². The predicted molar refractivity (Wildman–Crippen MR) is 87.6 cm³/mol. The van der Waals surface area contributed by atoms with E-state index in [4.69, 9.17) is 16.3 Å². The second-order valence-corrected chi connectivity index (χ2v) is 5.96. The number of benzene rings is 2. The summed E-state index contributed by atoms with van der Waals surface area (Å²) in [6.07, 6.45) is 0. The summed E-state index contributed by atoms with van der Waals surface area (Å²) in [5.74, 6) is -2.09. The molecule has 0 atom stereocenters. The Bertz CT molecular complexity index is 636. The predicted octanol–water partition coefficient (Wildman–Crippen LogP) is 4.46. The van der Waals surface area contributed by atoms with E-state index in [2.05, 4.69) is 5.32 Å². The minimum Gasteiger partial charge on any atom is -0.492 e. The number of hydrogen-bond donors (Lipinski definition) is 1. The molecular formula is C16H14ClF2NO2S. The van der Waals surface area contributed by atoms with Crippen molar-refractivity contribution in [2.75, 3.05) is 13.2 Å². The van der Waals surface area contributed by atoms with Crippen LogP contribution in [0.1, 0.15) is 10.4 Å². The number of amides is 1. The molecule has 2 rings (SSSR count). The molecule has 0 bridgehead atoms. The molecule has 3 nitrogen and oxygen atoms in total. The summed E-state index contributed by atoms with van der Waals surface area (Å²) in [5, 5.41) is 3.32. The largest absolute Gasteiger partial charge is 0.492 e. The van der Waals surface area contributed by atoms with E-state index >= 15 is 0 Å². The van der Waals surface area contributed by atoms with E-state index in [1.54, 1.807) is 24.3 Å². The lowest BCUT2D eigenvalue weighted by molar-refractivity contribution is 0.0947. The molecule has 0 aliphatic carbocycles. The summed E-state index contributed by atoms with van der Waals surface area (Å²) < 4.78 is 29.9. The summed E-state index contributed by atoms with van der Waals surface area (Å²) in [7, 11) is 0. The SMILES string of the molecule is O=C(NCCOc1ccc(Cl)cc1)c1ccc(SC(F)F)cc1. The number of thioether (sulfide) groups is 1. The van der Waals surface area contributed by atoms with Gasteiger partial charge in [0.1, 0.15) is 12.4 Å². The molecule has 0 aromatic heterocycles. The van der Waals surface area contributed by atoms with Crippen LogP contribution in [0.3, 0.4) is 0 Å². The van der Waals surface area contributed by atoms with Gasteiger partial charge < -0.3 is 10.1 Å². The lowest BCUT2D eigenvalue weighted by Gasteiger charge is -2.08. The van der Waals surface area contributed by atoms with E-state index in [-0.39, 0.29) is 5.91 Å². The summed E-state index contributed by atoms with van der Waals surface area (Å²) >= 11 is 6.21. The summed E-state index contributed by atoms with van der Waals surface area (Å²) in [6.45, 7) is 0.641. The highest BCUT2D eigenvalue weighted by Gasteiger charge is 2.08. The number of alkyl halides is 2. The van der Waals surface area contributed by atoms with Gasteiger partial charge in [-0.3, -0.25) is 4.79 Å². The molecule has 0 aliphatic heterocycles. The van der Waals surface area contributed by atoms with E-state index in [0.717, 1.165) is 0 Å². The highest BCUT2D eigenvalue weighted by Crippen LogP contribution is 2.25. The van der Waals surface area contributed by atoms with Crippen molar-refractivity contribution >= 4 is 29.3 Å². The van der Waals surface area contributed by atoms with Crippen molar-refractivity contribution in [3.8, 4) is 5.75 Å². The van der Waals surface area contributed by atoms with E-state index in [9.17, 15) is 13.6 Å². The van der Waals surface area contributed by atoms with Crippen molar-refractivity contribution in [2.45, 2.75) is 10.7 Å². The van der Waals surface area contributed by atoms with Gasteiger partial charge in [0.15, 0.2) is 0 Å². The Kier molecular flexibility index (Phi) is 6.67. The number of carbonyl (C=O) groups is 1. The zero-order valence-corrected chi connectivity index (χ0v) is 13.5. The lowest BCUT2D eigenvalue weighted by atomic mass is 10.2. The fourth-order valence-corrected chi connectivity index (χ4v) is 2.38. The molecule has 7 heteroatoms. The van der Waals surface area contributed by atoms with Gasteiger partial charge in [-0.2, -0.15) is 8.78 Å². The van der Waals surface area contributed by atoms with Crippen molar-refractivity contribution in [3.63, 3.8) is 0 Å². The molecule has 0 saturated carbocycles. The number of nitrogens with one attached hydrogen (secondary N) is 1. The molecule has 122 valence electrons. The van der Waals surface area contributed by atoms with Crippen LogP contribution in [0, 0.1) is 0 Å². The molecule has 0 heterocycles. The number of rotatable bonds is 7. The van der Waals surface area contributed by atoms with Crippen molar-refractivity contribution in [3.05, 3.63) is 59.1 Å². The zero-order chi connectivity index (χ0) is 16.7. The van der Waals surface area contributed by atoms with Crippen LogP contribution in [0.2, 0.25) is 5.02 Å². The van der Waals surface area contributed by atoms with Crippen LogP contribution in [0.25, 0.3) is 0 Å². The Balaban J connectivity index is 1.75. The number of halogens is 3. The highest BCUT2D eigenvalue weighted by atomic mass is 35.5. The van der Waals surface area contributed by atoms with Gasteiger partial charge in [0.05, 0.1) is 6.54 Å². The van der Waals surface area contributed by atoms with Gasteiger partial charge in [-0.05, 0) is 48.5 Å². The highest BCUT2D eigenvalue weighted by molar-refractivity contribution is 7.99. The van der Waals surface area contributed by atoms with Crippen LogP contribution in [0.15, 0.2) is 53.4 Å². The van der Waals surface area contributed by atoms with Crippen LogP contribution in [0.4, 0.5) is 8.78 Å². The molecule has 0 saturated heterocycles. The minimum absolute atomic E-state index is 0.279. The maximum Gasteiger partial charge on any atom is 0.288 e. The van der Waals surface area contributed by atoms with Crippen LogP contribution < -0.4 is 10.1 Å². The number of carbonyl (C=O) groups excluding carboxylic acids is 1. The smallest absolute Gasteiger partial charge is 0.288 e. The van der Waals surface area contributed by atoms with Crippen LogP contribution in [-0.2, 0) is 0 Å². The van der Waals surface area contributed by atoms with Crippen molar-refractivity contribution in [1.29, 1.82) is 0 Å². The molecule has 1 N–H and O–H groups in total. The van der Waals surface area contributed by atoms with Crippen LogP contribution >= 0.6 is 23.4 Å². The Labute approximate surface area is 142 Å². The topological polar surface area (TPSA) is 38.3 Å². The van der Waals surface area contributed by atoms with Gasteiger partial charge >= 0.3 is 0 Å². The molecule has 0 aliphatic rings. The third-order valence-electron chi connectivity index (χ3n) is 2.81. The van der Waals surface area contributed by atoms with Gasteiger partial charge in [0, 0.05) is 15.5 Å². The molecule has 0 spiro atoms. The first-order valence-electron chi connectivity index (χ1n) is 6.76. The lowest BCUT2D eigenvalue weighted by Crippen LogP contribution is -2.28. The molecule has 23 heavy (non-hydrogen) atoms. The number of hydrogen-bond acceptors (Lipinski definition) is 3. The summed E-state index contributed by atoms with van der Waals surface area (Å²) in [4.78, 5) is 12.3. The Hall–Kier alpha value is -1.79. The first kappa shape index (κ1) is 17.6. The first-order chi connectivity index (χ1) is 11.0. The van der Waals surface area contributed by atoms with Gasteiger partial charge in [-0.25, -0.2) is 0 Å². The maximum absolute atomic E-state index is 12.2. The normalized spacial score (nSPS) is 10.6. The maximum atomic E-state index is 12.2. The summed E-state index contributed by atoms with van der Waals surface area (Å²) in [6, 6.07) is 12.9. The van der Waals surface area contributed by atoms with E-state index in [1.165, 1.54) is 24.3 Å². The second-order valence-electron chi connectivity index (χ2n) is 4.46. The molecule has 2 aromatic rings. The fraction of sp³-hybridized carbons (Fsp3) is 0.188. The summed E-state index contributed by atoms with van der Waals surface area (Å²) in [5.41, 5.74) is 0.412. The van der Waals surface area contributed by atoms with Gasteiger partial charge in [-0.15, -0.1) is 0 Å². The van der Waals surface area contributed by atoms with Crippen LogP contribution in [0.5, 0.6) is 5.75 Å². The van der Waals surface area contributed by atoms with E-state index in [0.29, 0.717) is 46.1 Å². The molecule has 0 unspecified atom stereocenters. The standard InChI is InChI=1S/C16H14ClF2NO2S/c17-12-3-5-13(6-4-12)22-10-9-20-15(21)11-1-7-14(8-2-11)23-16(18)19/h1-8,16H,9-10H2,(H,20,21). The quantitative estimate of drug-likeness (QED) is 0.587. The number of ether oxygens (including phenoxy) is 1. The van der Waals surface area contributed by atoms with Crippen molar-refractivity contribution in [1.82, 2.24) is 5.32 Å². The van der Waals surface area contributed by atoms with Gasteiger partial charge in [-0.1, -0.05) is 23.4 Å².